The third-order valence-corrected chi connectivity index (χ3v) is 2.48. The second kappa shape index (κ2) is 5.83. The summed E-state index contributed by atoms with van der Waals surface area (Å²) in [5, 5.41) is 22.3. The van der Waals surface area contributed by atoms with E-state index in [2.05, 4.69) is 10.5 Å². The summed E-state index contributed by atoms with van der Waals surface area (Å²) in [7, 11) is 0. The number of aromatic hydroxyl groups is 2. The standard InChI is InChI=1S/C14H11FN2O3/c15-10-3-1-9(2-4-10)8-16-17-14(20)12-6-5-11(18)7-13(12)19/h1-8,18-19H,(H,17,20)/b16-8-. The van der Waals surface area contributed by atoms with Crippen LogP contribution in [0.3, 0.4) is 0 Å². The number of rotatable bonds is 3. The monoisotopic (exact) mass is 274 g/mol. The first kappa shape index (κ1) is 13.5. The number of halogens is 1. The Labute approximate surface area is 114 Å². The number of hydrazone groups is 1. The number of phenols is 2. The molecule has 0 heterocycles. The molecule has 0 aromatic heterocycles. The first-order valence-corrected chi connectivity index (χ1v) is 5.67. The number of phenolic OH excluding ortho intramolecular Hbond substituents is 2. The maximum absolute atomic E-state index is 12.7. The van der Waals surface area contributed by atoms with Gasteiger partial charge >= 0.3 is 0 Å². The molecule has 0 saturated carbocycles. The Morgan fingerprint density at radius 3 is 2.50 bits per heavy atom. The first-order chi connectivity index (χ1) is 9.56. The molecule has 1 amide bonds. The van der Waals surface area contributed by atoms with Crippen molar-refractivity contribution in [1.29, 1.82) is 0 Å². The SMILES string of the molecule is O=C(N/N=C\c1ccc(F)cc1)c1ccc(O)cc1O. The molecule has 5 nitrogen and oxygen atoms in total. The molecule has 0 aliphatic carbocycles. The molecule has 102 valence electrons. The molecule has 0 spiro atoms. The predicted molar refractivity (Wildman–Crippen MR) is 71.2 cm³/mol. The van der Waals surface area contributed by atoms with Crippen LogP contribution in [0.25, 0.3) is 0 Å². The van der Waals surface area contributed by atoms with Gasteiger partial charge in [0.2, 0.25) is 0 Å². The van der Waals surface area contributed by atoms with E-state index in [-0.39, 0.29) is 22.9 Å². The van der Waals surface area contributed by atoms with Crippen molar-refractivity contribution in [3.63, 3.8) is 0 Å². The third-order valence-electron chi connectivity index (χ3n) is 2.48. The molecule has 3 N–H and O–H groups in total. The normalized spacial score (nSPS) is 10.7. The van der Waals surface area contributed by atoms with Crippen molar-refractivity contribution in [2.45, 2.75) is 0 Å². The Hall–Kier alpha value is -2.89. The lowest BCUT2D eigenvalue weighted by atomic mass is 10.2. The highest BCUT2D eigenvalue weighted by Gasteiger charge is 2.10. The summed E-state index contributed by atoms with van der Waals surface area (Å²) < 4.78 is 12.7. The molecule has 0 aliphatic heterocycles. The summed E-state index contributed by atoms with van der Waals surface area (Å²) in [4.78, 5) is 11.7. The van der Waals surface area contributed by atoms with Gasteiger partial charge in [0, 0.05) is 6.07 Å². The van der Waals surface area contributed by atoms with Crippen molar-refractivity contribution in [3.8, 4) is 11.5 Å². The van der Waals surface area contributed by atoms with Crippen molar-refractivity contribution in [2.75, 3.05) is 0 Å². The fraction of sp³-hybridized carbons (Fsp3) is 0. The highest BCUT2D eigenvalue weighted by atomic mass is 19.1. The van der Waals surface area contributed by atoms with Gasteiger partial charge in [-0.2, -0.15) is 5.10 Å². The van der Waals surface area contributed by atoms with E-state index in [0.717, 1.165) is 6.07 Å². The van der Waals surface area contributed by atoms with Crippen LogP contribution in [0.2, 0.25) is 0 Å². The average molecular weight is 274 g/mol. The van der Waals surface area contributed by atoms with E-state index < -0.39 is 5.91 Å². The lowest BCUT2D eigenvalue weighted by Crippen LogP contribution is -2.17. The molecule has 0 atom stereocenters. The molecule has 2 aromatic carbocycles. The van der Waals surface area contributed by atoms with Crippen molar-refractivity contribution in [1.82, 2.24) is 5.43 Å². The molecular weight excluding hydrogens is 263 g/mol. The number of hydrogen-bond acceptors (Lipinski definition) is 4. The zero-order valence-corrected chi connectivity index (χ0v) is 10.2. The van der Waals surface area contributed by atoms with Crippen molar-refractivity contribution >= 4 is 12.1 Å². The van der Waals surface area contributed by atoms with Crippen LogP contribution in [-0.2, 0) is 0 Å². The number of nitrogens with one attached hydrogen (secondary N) is 1. The van der Waals surface area contributed by atoms with E-state index in [0.29, 0.717) is 5.56 Å². The van der Waals surface area contributed by atoms with E-state index >= 15 is 0 Å². The molecule has 2 aromatic rings. The van der Waals surface area contributed by atoms with Gasteiger partial charge in [-0.1, -0.05) is 12.1 Å². The van der Waals surface area contributed by atoms with E-state index in [1.807, 2.05) is 0 Å². The first-order valence-electron chi connectivity index (χ1n) is 5.67. The number of benzene rings is 2. The van der Waals surface area contributed by atoms with Crippen molar-refractivity contribution < 1.29 is 19.4 Å². The highest BCUT2D eigenvalue weighted by molar-refractivity contribution is 5.97. The molecule has 0 unspecified atom stereocenters. The van der Waals surface area contributed by atoms with Crippen LogP contribution in [0.1, 0.15) is 15.9 Å². The zero-order valence-electron chi connectivity index (χ0n) is 10.2. The van der Waals surface area contributed by atoms with Gasteiger partial charge in [0.05, 0.1) is 11.8 Å². The topological polar surface area (TPSA) is 81.9 Å². The Morgan fingerprint density at radius 2 is 1.85 bits per heavy atom. The number of hydrogen-bond donors (Lipinski definition) is 3. The van der Waals surface area contributed by atoms with Gasteiger partial charge in [0.15, 0.2) is 0 Å². The summed E-state index contributed by atoms with van der Waals surface area (Å²) in [5.74, 6) is -1.48. The third kappa shape index (κ3) is 3.32. The van der Waals surface area contributed by atoms with E-state index in [1.54, 1.807) is 0 Å². The molecular formula is C14H11FN2O3. The summed E-state index contributed by atoms with van der Waals surface area (Å²) in [6, 6.07) is 9.15. The van der Waals surface area contributed by atoms with Crippen LogP contribution in [-0.4, -0.2) is 22.3 Å². The molecule has 0 aliphatic rings. The smallest absolute Gasteiger partial charge is 0.275 e. The van der Waals surface area contributed by atoms with Gasteiger partial charge in [0.25, 0.3) is 5.91 Å². The van der Waals surface area contributed by atoms with Gasteiger partial charge in [-0.3, -0.25) is 4.79 Å². The number of nitrogens with zero attached hydrogens (tertiary/aromatic N) is 1. The zero-order chi connectivity index (χ0) is 14.5. The minimum absolute atomic E-state index is 0.0148. The van der Waals surface area contributed by atoms with Crippen LogP contribution < -0.4 is 5.43 Å². The largest absolute Gasteiger partial charge is 0.508 e. The van der Waals surface area contributed by atoms with Gasteiger partial charge in [-0.25, -0.2) is 9.82 Å². The van der Waals surface area contributed by atoms with Crippen molar-refractivity contribution in [2.24, 2.45) is 5.10 Å². The van der Waals surface area contributed by atoms with Crippen LogP contribution in [0.4, 0.5) is 4.39 Å². The molecule has 2 rings (SSSR count). The van der Waals surface area contributed by atoms with Gasteiger partial charge in [-0.15, -0.1) is 0 Å². The van der Waals surface area contributed by atoms with E-state index in [1.165, 1.54) is 42.6 Å². The fourth-order valence-corrected chi connectivity index (χ4v) is 1.49. The Morgan fingerprint density at radius 1 is 1.15 bits per heavy atom. The van der Waals surface area contributed by atoms with Gasteiger partial charge in [-0.05, 0) is 29.8 Å². The average Bonchev–Trinajstić information content (AvgIpc) is 2.41. The number of carbonyl (C=O) groups excluding carboxylic acids is 1. The highest BCUT2D eigenvalue weighted by Crippen LogP contribution is 2.22. The van der Waals surface area contributed by atoms with Crippen LogP contribution >= 0.6 is 0 Å². The summed E-state index contributed by atoms with van der Waals surface area (Å²) in [5.41, 5.74) is 2.82. The Balaban J connectivity index is 2.03. The van der Waals surface area contributed by atoms with Crippen LogP contribution in [0.15, 0.2) is 47.6 Å². The lowest BCUT2D eigenvalue weighted by Gasteiger charge is -2.03. The predicted octanol–water partition coefficient (Wildman–Crippen LogP) is 2.00. The molecule has 20 heavy (non-hydrogen) atoms. The fourth-order valence-electron chi connectivity index (χ4n) is 1.49. The summed E-state index contributed by atoms with van der Waals surface area (Å²) in [6.45, 7) is 0. The lowest BCUT2D eigenvalue weighted by molar-refractivity contribution is 0.0952. The minimum Gasteiger partial charge on any atom is -0.508 e. The maximum Gasteiger partial charge on any atom is 0.275 e. The molecule has 6 heteroatoms. The molecule has 0 fully saturated rings. The second-order valence-electron chi connectivity index (χ2n) is 3.95. The van der Waals surface area contributed by atoms with E-state index in [9.17, 15) is 14.3 Å². The van der Waals surface area contributed by atoms with E-state index in [4.69, 9.17) is 5.11 Å². The maximum atomic E-state index is 12.7. The van der Waals surface area contributed by atoms with Crippen LogP contribution in [0, 0.1) is 5.82 Å². The molecule has 0 radical (unpaired) electrons. The molecule has 0 bridgehead atoms. The van der Waals surface area contributed by atoms with Crippen LogP contribution in [0.5, 0.6) is 11.5 Å². The number of amides is 1. The Bertz CT molecular complexity index is 654. The Kier molecular flexibility index (Phi) is 3.95. The quantitative estimate of drug-likeness (QED) is 0.591. The molecule has 0 saturated heterocycles. The number of carbonyl (C=O) groups is 1. The van der Waals surface area contributed by atoms with Gasteiger partial charge < -0.3 is 10.2 Å². The second-order valence-corrected chi connectivity index (χ2v) is 3.95. The summed E-state index contributed by atoms with van der Waals surface area (Å²) in [6.07, 6.45) is 1.34. The summed E-state index contributed by atoms with van der Waals surface area (Å²) >= 11 is 0. The van der Waals surface area contributed by atoms with Crippen molar-refractivity contribution in [3.05, 3.63) is 59.4 Å². The van der Waals surface area contributed by atoms with Gasteiger partial charge in [0.1, 0.15) is 17.3 Å². The minimum atomic E-state index is -0.624.